The summed E-state index contributed by atoms with van der Waals surface area (Å²) in [4.78, 5) is 33.4. The van der Waals surface area contributed by atoms with Gasteiger partial charge in [0.1, 0.15) is 21.8 Å². The number of unbranched alkanes of at least 4 members (excludes halogenated alkanes) is 1. The van der Waals surface area contributed by atoms with Crippen LogP contribution < -0.4 is 10.5 Å². The van der Waals surface area contributed by atoms with Gasteiger partial charge in [0.2, 0.25) is 0 Å². The normalized spacial score (nSPS) is 18.1. The Kier molecular flexibility index (Phi) is 9.92. The molecule has 1 aromatic heterocycles. The Morgan fingerprint density at radius 2 is 1.86 bits per heavy atom. The van der Waals surface area contributed by atoms with Crippen LogP contribution in [0.25, 0.3) is 6.08 Å². The molecule has 2 aliphatic heterocycles. The van der Waals surface area contributed by atoms with Crippen LogP contribution >= 0.6 is 24.0 Å². The van der Waals surface area contributed by atoms with E-state index in [1.54, 1.807) is 23.5 Å². The first-order valence-electron chi connectivity index (χ1n) is 12.3. The van der Waals surface area contributed by atoms with Crippen LogP contribution in [0, 0.1) is 18.3 Å². The number of aromatic nitrogens is 1. The number of pyridine rings is 1. The fourth-order valence-electron chi connectivity index (χ4n) is 4.48. The lowest BCUT2D eigenvalue weighted by molar-refractivity contribution is -0.122. The molecule has 0 aliphatic carbocycles. The van der Waals surface area contributed by atoms with Gasteiger partial charge >= 0.3 is 0 Å². The molecular weight excluding hydrogens is 482 g/mol. The van der Waals surface area contributed by atoms with E-state index < -0.39 is 0 Å². The van der Waals surface area contributed by atoms with Gasteiger partial charge in [0.25, 0.3) is 11.5 Å². The highest BCUT2D eigenvalue weighted by molar-refractivity contribution is 8.26. The number of ether oxygens (including phenoxy) is 1. The van der Waals surface area contributed by atoms with Crippen molar-refractivity contribution in [2.45, 2.75) is 46.6 Å². The van der Waals surface area contributed by atoms with E-state index in [0.717, 1.165) is 56.9 Å². The molecule has 3 rings (SSSR count). The highest BCUT2D eigenvalue weighted by Crippen LogP contribution is 2.36. The number of piperazine rings is 1. The van der Waals surface area contributed by atoms with Crippen molar-refractivity contribution in [3.05, 3.63) is 31.9 Å². The summed E-state index contributed by atoms with van der Waals surface area (Å²) in [6.07, 6.45) is 4.30. The summed E-state index contributed by atoms with van der Waals surface area (Å²) in [6.45, 7) is 12.0. The third-order valence-corrected chi connectivity index (χ3v) is 7.96. The molecule has 1 aromatic rings. The molecule has 0 N–H and O–H groups in total. The van der Waals surface area contributed by atoms with Crippen LogP contribution in [-0.2, 0) is 16.1 Å². The van der Waals surface area contributed by atoms with E-state index in [1.807, 2.05) is 6.08 Å². The second-order valence-electron chi connectivity index (χ2n) is 8.76. The lowest BCUT2D eigenvalue weighted by Gasteiger charge is -2.37. The molecule has 2 fully saturated rings. The molecule has 2 saturated heterocycles. The minimum Gasteiger partial charge on any atom is -0.385 e. The van der Waals surface area contributed by atoms with Gasteiger partial charge in [-0.15, -0.1) is 0 Å². The Balaban J connectivity index is 2.12. The first kappa shape index (κ1) is 27.4. The predicted molar refractivity (Wildman–Crippen MR) is 146 cm³/mol. The quantitative estimate of drug-likeness (QED) is 0.266. The van der Waals surface area contributed by atoms with Crippen molar-refractivity contribution in [1.29, 1.82) is 5.26 Å². The number of carbonyl (C=O) groups is 1. The van der Waals surface area contributed by atoms with Crippen LogP contribution in [-0.4, -0.2) is 77.6 Å². The van der Waals surface area contributed by atoms with E-state index in [0.29, 0.717) is 40.9 Å². The smallest absolute Gasteiger partial charge is 0.270 e. The summed E-state index contributed by atoms with van der Waals surface area (Å²) in [7, 11) is 1.63. The molecule has 0 radical (unpaired) electrons. The number of nitrogens with zero attached hydrogens (tertiary/aromatic N) is 5. The van der Waals surface area contributed by atoms with Crippen molar-refractivity contribution >= 4 is 46.1 Å². The summed E-state index contributed by atoms with van der Waals surface area (Å²) in [5.41, 5.74) is 1.26. The zero-order chi connectivity index (χ0) is 25.5. The minimum absolute atomic E-state index is 0.137. The average molecular weight is 518 g/mol. The zero-order valence-corrected chi connectivity index (χ0v) is 22.8. The number of nitriles is 1. The number of carbonyl (C=O) groups excluding carboxylic acids is 1. The van der Waals surface area contributed by atoms with Crippen molar-refractivity contribution in [2.24, 2.45) is 0 Å². The van der Waals surface area contributed by atoms with E-state index in [2.05, 4.69) is 29.7 Å². The summed E-state index contributed by atoms with van der Waals surface area (Å²) >= 11 is 6.77. The molecule has 10 heteroatoms. The van der Waals surface area contributed by atoms with Gasteiger partial charge < -0.3 is 14.5 Å². The first-order chi connectivity index (χ1) is 16.9. The van der Waals surface area contributed by atoms with Gasteiger partial charge in [-0.3, -0.25) is 19.1 Å². The third-order valence-electron chi connectivity index (χ3n) is 6.58. The van der Waals surface area contributed by atoms with E-state index in [4.69, 9.17) is 17.0 Å². The van der Waals surface area contributed by atoms with Gasteiger partial charge in [-0.25, -0.2) is 0 Å². The largest absolute Gasteiger partial charge is 0.385 e. The number of thiocarbonyl (C=S) groups is 1. The fourth-order valence-corrected chi connectivity index (χ4v) is 5.77. The number of methoxy groups -OCH3 is 1. The van der Waals surface area contributed by atoms with E-state index in [9.17, 15) is 14.9 Å². The number of thioether (sulfide) groups is 1. The molecule has 2 aliphatic rings. The summed E-state index contributed by atoms with van der Waals surface area (Å²) in [5, 5.41) is 9.84. The van der Waals surface area contributed by atoms with Crippen LogP contribution in [0.4, 0.5) is 5.82 Å². The maximum absolute atomic E-state index is 13.4. The lowest BCUT2D eigenvalue weighted by Crippen LogP contribution is -2.48. The summed E-state index contributed by atoms with van der Waals surface area (Å²) < 4.78 is 7.39. The summed E-state index contributed by atoms with van der Waals surface area (Å²) in [5.74, 6) is 0.669. The number of likely N-dealkylation sites (N-methyl/N-ethyl adjacent to an activating group) is 1. The van der Waals surface area contributed by atoms with E-state index in [-0.39, 0.29) is 17.0 Å². The number of rotatable bonds is 10. The number of hydrogen-bond donors (Lipinski definition) is 0. The minimum atomic E-state index is -0.254. The van der Waals surface area contributed by atoms with Gasteiger partial charge in [0.15, 0.2) is 0 Å². The predicted octanol–water partition coefficient (Wildman–Crippen LogP) is 3.21. The Hall–Kier alpha value is -2.19. The number of amides is 1. The van der Waals surface area contributed by atoms with Crippen molar-refractivity contribution in [1.82, 2.24) is 14.4 Å². The zero-order valence-electron chi connectivity index (χ0n) is 21.1. The highest BCUT2D eigenvalue weighted by atomic mass is 32.2. The Morgan fingerprint density at radius 3 is 2.46 bits per heavy atom. The molecule has 0 saturated carbocycles. The molecule has 190 valence electrons. The van der Waals surface area contributed by atoms with Gasteiger partial charge in [-0.05, 0) is 37.9 Å². The number of anilines is 1. The van der Waals surface area contributed by atoms with Crippen molar-refractivity contribution in [3.63, 3.8) is 0 Å². The summed E-state index contributed by atoms with van der Waals surface area (Å²) in [6, 6.07) is 2.12. The Labute approximate surface area is 217 Å². The Morgan fingerprint density at radius 1 is 1.14 bits per heavy atom. The van der Waals surface area contributed by atoms with Crippen LogP contribution in [0.3, 0.4) is 0 Å². The van der Waals surface area contributed by atoms with Crippen molar-refractivity contribution in [3.8, 4) is 6.07 Å². The lowest BCUT2D eigenvalue weighted by atomic mass is 10.0. The SMILES string of the molecule is CCCCn1c(N2CCN(CC)CC2)c(C=C2SC(=S)N(CCCOC)C2=O)c(C)c(C#N)c1=O. The number of hydrogen-bond acceptors (Lipinski definition) is 8. The Bertz CT molecular complexity index is 1080. The standard InChI is InChI=1S/C25H35N5O3S2/c1-5-7-9-29-22(28-13-11-27(6-2)12-14-28)19(18(3)20(17-26)23(29)31)16-21-24(32)30(25(34)35-21)10-8-15-33-4/h16H,5-15H2,1-4H3. The molecule has 0 atom stereocenters. The van der Waals surface area contributed by atoms with Crippen molar-refractivity contribution < 1.29 is 9.53 Å². The molecule has 8 nitrogen and oxygen atoms in total. The first-order valence-corrected chi connectivity index (χ1v) is 13.5. The molecule has 0 unspecified atom stereocenters. The molecule has 1 amide bonds. The fraction of sp³-hybridized carbons (Fsp3) is 0.600. The van der Waals surface area contributed by atoms with E-state index >= 15 is 0 Å². The molecule has 3 heterocycles. The highest BCUT2D eigenvalue weighted by Gasteiger charge is 2.33. The monoisotopic (exact) mass is 517 g/mol. The van der Waals surface area contributed by atoms with Gasteiger partial charge in [-0.2, -0.15) is 5.26 Å². The molecule has 0 aromatic carbocycles. The van der Waals surface area contributed by atoms with Gasteiger partial charge in [-0.1, -0.05) is 44.2 Å². The topological polar surface area (TPSA) is 81.8 Å². The maximum Gasteiger partial charge on any atom is 0.270 e. The van der Waals surface area contributed by atoms with Crippen LogP contribution in [0.1, 0.15) is 49.8 Å². The van der Waals surface area contributed by atoms with Crippen molar-refractivity contribution in [2.75, 3.05) is 57.9 Å². The molecule has 0 bridgehead atoms. The van der Waals surface area contributed by atoms with E-state index in [1.165, 1.54) is 11.8 Å². The second-order valence-corrected chi connectivity index (χ2v) is 10.4. The van der Waals surface area contributed by atoms with Crippen LogP contribution in [0.5, 0.6) is 0 Å². The average Bonchev–Trinajstić information content (AvgIpc) is 3.12. The molecule has 0 spiro atoms. The van der Waals surface area contributed by atoms with Gasteiger partial charge in [0, 0.05) is 58.5 Å². The molecular formula is C25H35N5O3S2. The maximum atomic E-state index is 13.4. The van der Waals surface area contributed by atoms with Crippen LogP contribution in [0.15, 0.2) is 9.70 Å². The van der Waals surface area contributed by atoms with Crippen LogP contribution in [0.2, 0.25) is 0 Å². The third kappa shape index (κ3) is 5.97. The van der Waals surface area contributed by atoms with Gasteiger partial charge in [0.05, 0.1) is 4.91 Å². The molecule has 35 heavy (non-hydrogen) atoms. The second kappa shape index (κ2) is 12.7.